The second-order valence-corrected chi connectivity index (χ2v) is 9.23. The SMILES string of the molecule is C[C@@H]1[C@H]2O[C@H](c3ccoc3)C[C@]1(C)[C@H]1CC[C@H]3O[C@]34C(=O)O[C@H]2[C@]14C. The van der Waals surface area contributed by atoms with E-state index in [2.05, 4.69) is 20.8 Å². The van der Waals surface area contributed by atoms with Crippen LogP contribution in [-0.4, -0.2) is 29.9 Å². The summed E-state index contributed by atoms with van der Waals surface area (Å²) >= 11 is 0. The predicted molar refractivity (Wildman–Crippen MR) is 86.5 cm³/mol. The number of ether oxygens (including phenoxy) is 3. The molecule has 3 aliphatic heterocycles. The summed E-state index contributed by atoms with van der Waals surface area (Å²) in [7, 11) is 0. The Bertz CT molecular complexity index is 758. The summed E-state index contributed by atoms with van der Waals surface area (Å²) in [4.78, 5) is 12.8. The van der Waals surface area contributed by atoms with Crippen molar-refractivity contribution in [2.45, 2.75) is 70.1 Å². The van der Waals surface area contributed by atoms with Gasteiger partial charge < -0.3 is 18.6 Å². The normalized spacial score (nSPS) is 58.3. The van der Waals surface area contributed by atoms with E-state index in [0.717, 1.165) is 24.8 Å². The van der Waals surface area contributed by atoms with Gasteiger partial charge in [0.1, 0.15) is 6.10 Å². The number of carbonyl (C=O) groups excluding carboxylic acids is 1. The highest BCUT2D eigenvalue weighted by atomic mass is 16.7. The molecule has 0 radical (unpaired) electrons. The highest BCUT2D eigenvalue weighted by molar-refractivity contribution is 5.88. The number of epoxide rings is 1. The van der Waals surface area contributed by atoms with Gasteiger partial charge in [-0.2, -0.15) is 0 Å². The number of hydrogen-bond acceptors (Lipinski definition) is 5. The maximum atomic E-state index is 12.8. The molecular weight excluding hydrogens is 320 g/mol. The molecule has 5 nitrogen and oxygen atoms in total. The molecular formula is C20H24O5. The Morgan fingerprint density at radius 3 is 2.84 bits per heavy atom. The predicted octanol–water partition coefficient (Wildman–Crippen LogP) is 3.24. The summed E-state index contributed by atoms with van der Waals surface area (Å²) in [5.74, 6) is 0.596. The Morgan fingerprint density at radius 2 is 2.08 bits per heavy atom. The van der Waals surface area contributed by atoms with Crippen molar-refractivity contribution in [1.29, 1.82) is 0 Å². The van der Waals surface area contributed by atoms with Crippen molar-refractivity contribution < 1.29 is 23.4 Å². The first kappa shape index (κ1) is 14.8. The summed E-state index contributed by atoms with van der Waals surface area (Å²) < 4.78 is 23.9. The van der Waals surface area contributed by atoms with Gasteiger partial charge >= 0.3 is 5.97 Å². The van der Waals surface area contributed by atoms with Gasteiger partial charge in [0.15, 0.2) is 0 Å². The molecule has 25 heavy (non-hydrogen) atoms. The highest BCUT2D eigenvalue weighted by Crippen LogP contribution is 2.75. The standard InChI is InChI=1S/C20H24O5/c1-10-15-16-19(3)13(4-5-14-20(19,25-14)17(21)24-16)18(10,2)8-12(23-15)11-6-7-22-9-11/h6-7,9-10,12-16H,4-5,8H2,1-3H3/t10-,12+,13-,14-,15-,16-,18+,19+,20+/m1/s1. The quantitative estimate of drug-likeness (QED) is 0.578. The molecule has 3 saturated heterocycles. The Labute approximate surface area is 147 Å². The third-order valence-electron chi connectivity index (χ3n) is 8.58. The molecule has 6 rings (SSSR count). The van der Waals surface area contributed by atoms with Crippen LogP contribution in [0.25, 0.3) is 0 Å². The number of carbonyl (C=O) groups is 1. The summed E-state index contributed by atoms with van der Waals surface area (Å²) in [5, 5.41) is 0. The van der Waals surface area contributed by atoms with Gasteiger partial charge in [-0.05, 0) is 42.6 Å². The summed E-state index contributed by atoms with van der Waals surface area (Å²) in [6.45, 7) is 6.89. The van der Waals surface area contributed by atoms with Gasteiger partial charge in [0.2, 0.25) is 5.60 Å². The van der Waals surface area contributed by atoms with Crippen molar-refractivity contribution in [2.75, 3.05) is 0 Å². The monoisotopic (exact) mass is 344 g/mol. The van der Waals surface area contributed by atoms with Gasteiger partial charge in [0.25, 0.3) is 0 Å². The molecule has 0 amide bonds. The Morgan fingerprint density at radius 1 is 1.24 bits per heavy atom. The molecule has 9 atom stereocenters. The van der Waals surface area contributed by atoms with Gasteiger partial charge in [0, 0.05) is 5.56 Å². The Kier molecular flexibility index (Phi) is 2.45. The van der Waals surface area contributed by atoms with E-state index in [9.17, 15) is 4.79 Å². The van der Waals surface area contributed by atoms with E-state index in [4.69, 9.17) is 18.6 Å². The zero-order valence-corrected chi connectivity index (χ0v) is 14.9. The summed E-state index contributed by atoms with van der Waals surface area (Å²) in [6.07, 6.45) is 6.24. The van der Waals surface area contributed by atoms with Crippen LogP contribution >= 0.6 is 0 Å². The first-order valence-corrected chi connectivity index (χ1v) is 9.49. The van der Waals surface area contributed by atoms with Crippen LogP contribution in [-0.2, 0) is 19.0 Å². The molecule has 5 fully saturated rings. The minimum atomic E-state index is -0.702. The van der Waals surface area contributed by atoms with Gasteiger partial charge in [0.05, 0.1) is 36.3 Å². The minimum Gasteiger partial charge on any atom is -0.472 e. The van der Waals surface area contributed by atoms with Gasteiger partial charge in [-0.25, -0.2) is 4.79 Å². The third kappa shape index (κ3) is 1.38. The van der Waals surface area contributed by atoms with Crippen LogP contribution in [0.5, 0.6) is 0 Å². The zero-order chi connectivity index (χ0) is 17.2. The lowest BCUT2D eigenvalue weighted by molar-refractivity contribution is -0.266. The van der Waals surface area contributed by atoms with E-state index >= 15 is 0 Å². The third-order valence-corrected chi connectivity index (χ3v) is 8.58. The first-order chi connectivity index (χ1) is 11.9. The average molecular weight is 344 g/mol. The van der Waals surface area contributed by atoms with Crippen molar-refractivity contribution in [3.8, 4) is 0 Å². The van der Waals surface area contributed by atoms with Crippen molar-refractivity contribution in [2.24, 2.45) is 22.7 Å². The fourth-order valence-corrected chi connectivity index (χ4v) is 7.12. The molecule has 0 unspecified atom stereocenters. The highest BCUT2D eigenvalue weighted by Gasteiger charge is 2.87. The molecule has 2 saturated carbocycles. The number of hydrogen-bond donors (Lipinski definition) is 0. The lowest BCUT2D eigenvalue weighted by Gasteiger charge is -2.63. The molecule has 5 aliphatic rings. The zero-order valence-electron chi connectivity index (χ0n) is 14.9. The van der Waals surface area contributed by atoms with Crippen LogP contribution in [0, 0.1) is 22.7 Å². The number of furan rings is 1. The number of esters is 1. The van der Waals surface area contributed by atoms with E-state index in [1.807, 2.05) is 6.07 Å². The molecule has 1 spiro atoms. The fraction of sp³-hybridized carbons (Fsp3) is 0.750. The largest absolute Gasteiger partial charge is 0.472 e. The fourth-order valence-electron chi connectivity index (χ4n) is 7.12. The Hall–Kier alpha value is -1.33. The molecule has 2 aliphatic carbocycles. The van der Waals surface area contributed by atoms with Gasteiger partial charge in [-0.3, -0.25) is 0 Å². The van der Waals surface area contributed by atoms with Crippen LogP contribution in [0.4, 0.5) is 0 Å². The van der Waals surface area contributed by atoms with Crippen LogP contribution in [0.2, 0.25) is 0 Å². The van der Waals surface area contributed by atoms with Crippen molar-refractivity contribution in [3.63, 3.8) is 0 Å². The van der Waals surface area contributed by atoms with E-state index in [1.54, 1.807) is 12.5 Å². The molecule has 5 heteroatoms. The first-order valence-electron chi connectivity index (χ1n) is 9.49. The van der Waals surface area contributed by atoms with Crippen LogP contribution in [0.3, 0.4) is 0 Å². The second-order valence-electron chi connectivity index (χ2n) is 9.23. The van der Waals surface area contributed by atoms with Crippen LogP contribution in [0.1, 0.15) is 51.7 Å². The minimum absolute atomic E-state index is 0.00240. The van der Waals surface area contributed by atoms with E-state index in [1.165, 1.54) is 0 Å². The maximum Gasteiger partial charge on any atom is 0.342 e. The molecule has 0 N–H and O–H groups in total. The maximum absolute atomic E-state index is 12.8. The summed E-state index contributed by atoms with van der Waals surface area (Å²) in [5.41, 5.74) is 0.197. The molecule has 134 valence electrons. The molecule has 2 bridgehead atoms. The van der Waals surface area contributed by atoms with Crippen molar-refractivity contribution >= 4 is 5.97 Å². The lowest BCUT2D eigenvalue weighted by Crippen LogP contribution is -2.68. The summed E-state index contributed by atoms with van der Waals surface area (Å²) in [6, 6.07) is 1.99. The molecule has 4 heterocycles. The Balaban J connectivity index is 1.50. The number of rotatable bonds is 1. The topological polar surface area (TPSA) is 61.2 Å². The van der Waals surface area contributed by atoms with Gasteiger partial charge in [-0.1, -0.05) is 20.8 Å². The molecule has 0 aromatic carbocycles. The molecule has 1 aromatic rings. The van der Waals surface area contributed by atoms with Crippen LogP contribution < -0.4 is 0 Å². The van der Waals surface area contributed by atoms with Crippen LogP contribution in [0.15, 0.2) is 23.0 Å². The van der Waals surface area contributed by atoms with E-state index in [0.29, 0.717) is 11.8 Å². The lowest BCUT2D eigenvalue weighted by atomic mass is 9.42. The van der Waals surface area contributed by atoms with E-state index < -0.39 is 5.60 Å². The average Bonchev–Trinajstić information content (AvgIpc) is 3.00. The van der Waals surface area contributed by atoms with E-state index in [-0.39, 0.29) is 41.2 Å². The number of fused-ring (bicyclic) bond motifs is 4. The molecule has 1 aromatic heterocycles. The van der Waals surface area contributed by atoms with Crippen molar-refractivity contribution in [3.05, 3.63) is 24.2 Å². The van der Waals surface area contributed by atoms with Crippen molar-refractivity contribution in [1.82, 2.24) is 0 Å². The van der Waals surface area contributed by atoms with Gasteiger partial charge in [-0.15, -0.1) is 0 Å². The second kappa shape index (κ2) is 4.15. The smallest absolute Gasteiger partial charge is 0.342 e.